The van der Waals surface area contributed by atoms with E-state index >= 15 is 0 Å². The fourth-order valence-electron chi connectivity index (χ4n) is 1.72. The van der Waals surface area contributed by atoms with Crippen LogP contribution in [-0.2, 0) is 0 Å². The van der Waals surface area contributed by atoms with Crippen LogP contribution in [0.1, 0.15) is 42.5 Å². The van der Waals surface area contributed by atoms with Gasteiger partial charge >= 0.3 is 0 Å². The van der Waals surface area contributed by atoms with E-state index in [1.165, 1.54) is 38.2 Å². The molecular formula is C13H17F2NO. The highest BCUT2D eigenvalue weighted by molar-refractivity contribution is 5.74. The number of rotatable bonds is 1. The molecule has 0 amide bonds. The van der Waals surface area contributed by atoms with E-state index in [0.717, 1.165) is 12.1 Å². The molecule has 4 heteroatoms. The highest BCUT2D eigenvalue weighted by Crippen LogP contribution is 2.14. The number of benzene rings is 1. The summed E-state index contributed by atoms with van der Waals surface area (Å²) in [4.78, 5) is 9.98. The van der Waals surface area contributed by atoms with Crippen LogP contribution in [0.5, 0.6) is 0 Å². The molecule has 0 spiro atoms. The second-order valence-electron chi connectivity index (χ2n) is 4.19. The van der Waals surface area contributed by atoms with Crippen LogP contribution in [0.25, 0.3) is 0 Å². The van der Waals surface area contributed by atoms with Gasteiger partial charge in [-0.25, -0.2) is 8.78 Å². The molecule has 0 saturated heterocycles. The maximum absolute atomic E-state index is 12.2. The van der Waals surface area contributed by atoms with E-state index in [2.05, 4.69) is 0 Å². The maximum atomic E-state index is 12.2. The van der Waals surface area contributed by atoms with Gasteiger partial charge in [-0.05, 0) is 31.0 Å². The summed E-state index contributed by atoms with van der Waals surface area (Å²) in [5, 5.41) is 0. The number of nitrogens with two attached hydrogens (primary N) is 1. The van der Waals surface area contributed by atoms with Crippen molar-refractivity contribution in [3.63, 3.8) is 0 Å². The largest absolute Gasteiger partial charge is 0.328 e. The lowest BCUT2D eigenvalue weighted by Gasteiger charge is -2.15. The van der Waals surface area contributed by atoms with Gasteiger partial charge in [0.15, 0.2) is 11.6 Å². The fourth-order valence-corrected chi connectivity index (χ4v) is 1.72. The highest BCUT2D eigenvalue weighted by atomic mass is 19.2. The molecular weight excluding hydrogens is 224 g/mol. The lowest BCUT2D eigenvalue weighted by atomic mass is 9.97. The summed E-state index contributed by atoms with van der Waals surface area (Å²) >= 11 is 0. The Morgan fingerprint density at radius 1 is 1.12 bits per heavy atom. The summed E-state index contributed by atoms with van der Waals surface area (Å²) in [6, 6.07) is 3.51. The smallest absolute Gasteiger partial charge is 0.159 e. The molecule has 0 unspecified atom stereocenters. The molecule has 0 aliphatic heterocycles. The predicted molar refractivity (Wildman–Crippen MR) is 62.8 cm³/mol. The summed E-state index contributed by atoms with van der Waals surface area (Å²) in [6.45, 7) is 0. The first-order valence-electron chi connectivity index (χ1n) is 5.79. The number of aldehydes is 1. The number of hydrogen-bond acceptors (Lipinski definition) is 2. The third kappa shape index (κ3) is 5.04. The van der Waals surface area contributed by atoms with Crippen LogP contribution in [0.4, 0.5) is 8.78 Å². The van der Waals surface area contributed by atoms with Crippen LogP contribution >= 0.6 is 0 Å². The molecule has 1 aromatic rings. The molecule has 17 heavy (non-hydrogen) atoms. The van der Waals surface area contributed by atoms with E-state index in [-0.39, 0.29) is 5.56 Å². The zero-order valence-electron chi connectivity index (χ0n) is 9.66. The second kappa shape index (κ2) is 7.12. The molecule has 2 nitrogen and oxygen atoms in total. The average molecular weight is 241 g/mol. The van der Waals surface area contributed by atoms with Gasteiger partial charge in [-0.15, -0.1) is 0 Å². The molecule has 0 heterocycles. The average Bonchev–Trinajstić information content (AvgIpc) is 2.34. The Hall–Kier alpha value is -1.29. The molecule has 0 atom stereocenters. The number of carbonyl (C=O) groups is 1. The Balaban J connectivity index is 0.000000181. The van der Waals surface area contributed by atoms with Crippen molar-refractivity contribution in [3.05, 3.63) is 35.4 Å². The van der Waals surface area contributed by atoms with Crippen LogP contribution in [0.2, 0.25) is 0 Å². The standard InChI is InChI=1S/C7H4F2O.C6H13N/c8-6-2-1-5(4-10)3-7(6)9;7-6-4-2-1-3-5-6/h1-4H;6H,1-5,7H2. The van der Waals surface area contributed by atoms with Crippen LogP contribution in [0.15, 0.2) is 18.2 Å². The normalized spacial score (nSPS) is 15.9. The van der Waals surface area contributed by atoms with Crippen molar-refractivity contribution in [3.8, 4) is 0 Å². The Bertz CT molecular complexity index is 362. The topological polar surface area (TPSA) is 43.1 Å². The zero-order chi connectivity index (χ0) is 12.7. The summed E-state index contributed by atoms with van der Waals surface area (Å²) in [6.07, 6.45) is 7.12. The summed E-state index contributed by atoms with van der Waals surface area (Å²) in [7, 11) is 0. The van der Waals surface area contributed by atoms with Gasteiger partial charge in [0.05, 0.1) is 0 Å². The van der Waals surface area contributed by atoms with Gasteiger partial charge in [-0.2, -0.15) is 0 Å². The molecule has 1 aromatic carbocycles. The predicted octanol–water partition coefficient (Wildman–Crippen LogP) is 3.06. The molecule has 0 radical (unpaired) electrons. The minimum atomic E-state index is -0.996. The van der Waals surface area contributed by atoms with Crippen molar-refractivity contribution < 1.29 is 13.6 Å². The zero-order valence-corrected chi connectivity index (χ0v) is 9.66. The first-order chi connectivity index (χ1) is 8.13. The van der Waals surface area contributed by atoms with Gasteiger partial charge in [-0.1, -0.05) is 19.3 Å². The van der Waals surface area contributed by atoms with Gasteiger partial charge in [0.25, 0.3) is 0 Å². The molecule has 94 valence electrons. The van der Waals surface area contributed by atoms with E-state index < -0.39 is 11.6 Å². The molecule has 1 aliphatic carbocycles. The molecule has 1 aliphatic rings. The first-order valence-corrected chi connectivity index (χ1v) is 5.79. The van der Waals surface area contributed by atoms with Crippen molar-refractivity contribution >= 4 is 6.29 Å². The van der Waals surface area contributed by atoms with Gasteiger partial charge in [0.2, 0.25) is 0 Å². The van der Waals surface area contributed by atoms with Crippen molar-refractivity contribution in [1.29, 1.82) is 0 Å². The van der Waals surface area contributed by atoms with Crippen LogP contribution < -0.4 is 5.73 Å². The lowest BCUT2D eigenvalue weighted by Crippen LogP contribution is -2.22. The van der Waals surface area contributed by atoms with E-state index in [9.17, 15) is 13.6 Å². The minimum Gasteiger partial charge on any atom is -0.328 e. The summed E-state index contributed by atoms with van der Waals surface area (Å²) in [5.41, 5.74) is 5.77. The molecule has 1 saturated carbocycles. The Kier molecular flexibility index (Phi) is 5.77. The van der Waals surface area contributed by atoms with Gasteiger partial charge in [0, 0.05) is 11.6 Å². The van der Waals surface area contributed by atoms with Gasteiger partial charge < -0.3 is 5.73 Å². The van der Waals surface area contributed by atoms with Crippen LogP contribution in [-0.4, -0.2) is 12.3 Å². The third-order valence-corrected chi connectivity index (χ3v) is 2.73. The summed E-state index contributed by atoms with van der Waals surface area (Å²) in [5.74, 6) is -1.94. The van der Waals surface area contributed by atoms with Crippen LogP contribution in [0, 0.1) is 11.6 Å². The lowest BCUT2D eigenvalue weighted by molar-refractivity contribution is 0.112. The number of halogens is 2. The number of hydrogen-bond donors (Lipinski definition) is 1. The Labute approximate surface area is 99.8 Å². The molecule has 2 rings (SSSR count). The Morgan fingerprint density at radius 2 is 1.76 bits per heavy atom. The quantitative estimate of drug-likeness (QED) is 0.768. The van der Waals surface area contributed by atoms with E-state index in [0.29, 0.717) is 12.3 Å². The first kappa shape index (κ1) is 13.8. The summed E-state index contributed by atoms with van der Waals surface area (Å²) < 4.78 is 24.4. The van der Waals surface area contributed by atoms with Crippen LogP contribution in [0.3, 0.4) is 0 Å². The maximum Gasteiger partial charge on any atom is 0.159 e. The van der Waals surface area contributed by atoms with Crippen molar-refractivity contribution in [2.75, 3.05) is 0 Å². The molecule has 0 aromatic heterocycles. The number of carbonyl (C=O) groups excluding carboxylic acids is 1. The molecule has 2 N–H and O–H groups in total. The second-order valence-corrected chi connectivity index (χ2v) is 4.19. The van der Waals surface area contributed by atoms with E-state index in [1.807, 2.05) is 0 Å². The van der Waals surface area contributed by atoms with E-state index in [4.69, 9.17) is 5.73 Å². The Morgan fingerprint density at radius 3 is 2.18 bits per heavy atom. The fraction of sp³-hybridized carbons (Fsp3) is 0.462. The molecule has 0 bridgehead atoms. The van der Waals surface area contributed by atoms with Gasteiger partial charge in [-0.3, -0.25) is 4.79 Å². The molecule has 1 fully saturated rings. The highest BCUT2D eigenvalue weighted by Gasteiger charge is 2.06. The SMILES string of the molecule is NC1CCCCC1.O=Cc1ccc(F)c(F)c1. The third-order valence-electron chi connectivity index (χ3n) is 2.73. The van der Waals surface area contributed by atoms with E-state index in [1.54, 1.807) is 0 Å². The monoisotopic (exact) mass is 241 g/mol. The minimum absolute atomic E-state index is 0.138. The van der Waals surface area contributed by atoms with Crippen molar-refractivity contribution in [1.82, 2.24) is 0 Å². The van der Waals surface area contributed by atoms with Crippen molar-refractivity contribution in [2.45, 2.75) is 38.1 Å². The van der Waals surface area contributed by atoms with Crippen molar-refractivity contribution in [2.24, 2.45) is 5.73 Å². The van der Waals surface area contributed by atoms with Gasteiger partial charge in [0.1, 0.15) is 6.29 Å².